The lowest BCUT2D eigenvalue weighted by molar-refractivity contribution is 0.304. The maximum Gasteiger partial charge on any atom is 0.119 e. The van der Waals surface area contributed by atoms with Gasteiger partial charge in [-0.3, -0.25) is 4.99 Å². The minimum atomic E-state index is -0.0231. The molecule has 0 spiro atoms. The van der Waals surface area contributed by atoms with Gasteiger partial charge in [0.1, 0.15) is 5.75 Å². The highest BCUT2D eigenvalue weighted by molar-refractivity contribution is 5.80. The van der Waals surface area contributed by atoms with Crippen LogP contribution >= 0.6 is 0 Å². The van der Waals surface area contributed by atoms with E-state index < -0.39 is 0 Å². The summed E-state index contributed by atoms with van der Waals surface area (Å²) in [5, 5.41) is 0. The van der Waals surface area contributed by atoms with Gasteiger partial charge in [-0.05, 0) is 57.0 Å². The molecule has 0 unspecified atom stereocenters. The molecule has 25 heavy (non-hydrogen) atoms. The standard InChI is InChI=1S/C23H39NO/c1-5-6-7-8-9-10-11-12-13-14-19-25-22-17-15-21(16-18-22)20-24-23(2,3)4/h15-18,20H,5-14,19H2,1-4H3. The van der Waals surface area contributed by atoms with Crippen molar-refractivity contribution in [3.05, 3.63) is 29.8 Å². The van der Waals surface area contributed by atoms with E-state index in [0.717, 1.165) is 24.3 Å². The first kappa shape index (κ1) is 21.7. The summed E-state index contributed by atoms with van der Waals surface area (Å²) in [6.07, 6.45) is 15.5. The molecular formula is C23H39NO. The molecule has 0 aliphatic rings. The highest BCUT2D eigenvalue weighted by Crippen LogP contribution is 2.14. The summed E-state index contributed by atoms with van der Waals surface area (Å²) in [6.45, 7) is 9.41. The van der Waals surface area contributed by atoms with E-state index >= 15 is 0 Å². The second-order valence-electron chi connectivity index (χ2n) is 8.03. The molecule has 0 heterocycles. The SMILES string of the molecule is CCCCCCCCCCCCOc1ccc(C=NC(C)(C)C)cc1. The van der Waals surface area contributed by atoms with Crippen molar-refractivity contribution in [1.29, 1.82) is 0 Å². The highest BCUT2D eigenvalue weighted by Gasteiger charge is 2.04. The van der Waals surface area contributed by atoms with E-state index in [1.54, 1.807) is 0 Å². The smallest absolute Gasteiger partial charge is 0.119 e. The molecule has 142 valence electrons. The highest BCUT2D eigenvalue weighted by atomic mass is 16.5. The van der Waals surface area contributed by atoms with Gasteiger partial charge >= 0.3 is 0 Å². The van der Waals surface area contributed by atoms with E-state index in [4.69, 9.17) is 4.74 Å². The Kier molecular flexibility index (Phi) is 11.3. The van der Waals surface area contributed by atoms with E-state index in [2.05, 4.69) is 44.8 Å². The first-order valence-corrected chi connectivity index (χ1v) is 10.3. The molecule has 0 atom stereocenters. The molecule has 0 bridgehead atoms. The molecule has 1 rings (SSSR count). The summed E-state index contributed by atoms with van der Waals surface area (Å²) in [5.74, 6) is 0.962. The number of rotatable bonds is 13. The Morgan fingerprint density at radius 2 is 1.32 bits per heavy atom. The second-order valence-corrected chi connectivity index (χ2v) is 8.03. The minimum Gasteiger partial charge on any atom is -0.494 e. The van der Waals surface area contributed by atoms with Gasteiger partial charge < -0.3 is 4.74 Å². The Bertz CT molecular complexity index is 456. The third kappa shape index (κ3) is 12.7. The predicted molar refractivity (Wildman–Crippen MR) is 111 cm³/mol. The maximum absolute atomic E-state index is 5.83. The number of hydrogen-bond donors (Lipinski definition) is 0. The molecule has 0 aromatic heterocycles. The van der Waals surface area contributed by atoms with Gasteiger partial charge in [0.15, 0.2) is 0 Å². The normalized spacial score (nSPS) is 12.0. The second kappa shape index (κ2) is 13.0. The molecule has 1 aromatic carbocycles. The molecule has 2 nitrogen and oxygen atoms in total. The van der Waals surface area contributed by atoms with Crippen LogP contribution in [0.3, 0.4) is 0 Å². The fourth-order valence-electron chi connectivity index (χ4n) is 2.70. The van der Waals surface area contributed by atoms with Crippen molar-refractivity contribution < 1.29 is 4.74 Å². The minimum absolute atomic E-state index is 0.0231. The lowest BCUT2D eigenvalue weighted by Crippen LogP contribution is -2.09. The molecule has 0 N–H and O–H groups in total. The lowest BCUT2D eigenvalue weighted by Gasteiger charge is -2.11. The van der Waals surface area contributed by atoms with Crippen molar-refractivity contribution in [2.75, 3.05) is 6.61 Å². The summed E-state index contributed by atoms with van der Waals surface area (Å²) in [4.78, 5) is 4.52. The summed E-state index contributed by atoms with van der Waals surface area (Å²) in [6, 6.07) is 8.23. The summed E-state index contributed by atoms with van der Waals surface area (Å²) in [7, 11) is 0. The van der Waals surface area contributed by atoms with Crippen LogP contribution in [0.5, 0.6) is 5.75 Å². The van der Waals surface area contributed by atoms with Crippen LogP contribution in [0.15, 0.2) is 29.3 Å². The first-order valence-electron chi connectivity index (χ1n) is 10.3. The van der Waals surface area contributed by atoms with Gasteiger partial charge in [0.2, 0.25) is 0 Å². The number of hydrogen-bond acceptors (Lipinski definition) is 2. The molecule has 1 aromatic rings. The van der Waals surface area contributed by atoms with Crippen LogP contribution in [0, 0.1) is 0 Å². The third-order valence-corrected chi connectivity index (χ3v) is 4.25. The zero-order chi connectivity index (χ0) is 18.4. The van der Waals surface area contributed by atoms with Crippen LogP contribution < -0.4 is 4.74 Å². The largest absolute Gasteiger partial charge is 0.494 e. The third-order valence-electron chi connectivity index (χ3n) is 4.25. The number of ether oxygens (including phenoxy) is 1. The quantitative estimate of drug-likeness (QED) is 0.273. The van der Waals surface area contributed by atoms with E-state index in [0.29, 0.717) is 0 Å². The number of benzene rings is 1. The fourth-order valence-corrected chi connectivity index (χ4v) is 2.70. The Labute approximate surface area is 156 Å². The van der Waals surface area contributed by atoms with Crippen molar-refractivity contribution in [3.8, 4) is 5.75 Å². The van der Waals surface area contributed by atoms with E-state index in [9.17, 15) is 0 Å². The van der Waals surface area contributed by atoms with Gasteiger partial charge in [0, 0.05) is 6.21 Å². The van der Waals surface area contributed by atoms with Gasteiger partial charge in [-0.2, -0.15) is 0 Å². The Balaban J connectivity index is 2.04. The topological polar surface area (TPSA) is 21.6 Å². The van der Waals surface area contributed by atoms with Gasteiger partial charge in [-0.25, -0.2) is 0 Å². The van der Waals surface area contributed by atoms with Gasteiger partial charge in [0.25, 0.3) is 0 Å². The molecular weight excluding hydrogens is 306 g/mol. The van der Waals surface area contributed by atoms with Crippen LogP contribution in [-0.2, 0) is 0 Å². The predicted octanol–water partition coefficient (Wildman–Crippen LogP) is 7.20. The average Bonchev–Trinajstić information content (AvgIpc) is 2.58. The molecule has 2 heteroatoms. The van der Waals surface area contributed by atoms with E-state index in [1.807, 2.05) is 18.3 Å². The van der Waals surface area contributed by atoms with Crippen LogP contribution in [0.2, 0.25) is 0 Å². The average molecular weight is 346 g/mol. The lowest BCUT2D eigenvalue weighted by atomic mass is 10.1. The monoisotopic (exact) mass is 345 g/mol. The first-order chi connectivity index (χ1) is 12.0. The summed E-state index contributed by atoms with van der Waals surface area (Å²) < 4.78 is 5.83. The zero-order valence-electron chi connectivity index (χ0n) is 17.0. The van der Waals surface area contributed by atoms with Crippen LogP contribution in [-0.4, -0.2) is 18.4 Å². The zero-order valence-corrected chi connectivity index (χ0v) is 17.0. The van der Waals surface area contributed by atoms with Crippen LogP contribution in [0.1, 0.15) is 97.5 Å². The van der Waals surface area contributed by atoms with Crippen LogP contribution in [0.25, 0.3) is 0 Å². The van der Waals surface area contributed by atoms with E-state index in [-0.39, 0.29) is 5.54 Å². The van der Waals surface area contributed by atoms with Crippen molar-refractivity contribution in [2.45, 2.75) is 97.4 Å². The number of unbranched alkanes of at least 4 members (excludes halogenated alkanes) is 9. The van der Waals surface area contributed by atoms with Gasteiger partial charge in [-0.15, -0.1) is 0 Å². The molecule has 0 radical (unpaired) electrons. The molecule has 0 amide bonds. The summed E-state index contributed by atoms with van der Waals surface area (Å²) >= 11 is 0. The molecule has 0 saturated heterocycles. The van der Waals surface area contributed by atoms with Gasteiger partial charge in [0.05, 0.1) is 12.1 Å². The van der Waals surface area contributed by atoms with Crippen molar-refractivity contribution in [2.24, 2.45) is 4.99 Å². The van der Waals surface area contributed by atoms with Crippen molar-refractivity contribution in [1.82, 2.24) is 0 Å². The fraction of sp³-hybridized carbons (Fsp3) is 0.696. The maximum atomic E-state index is 5.83. The number of aliphatic imine (C=N–C) groups is 1. The Morgan fingerprint density at radius 1 is 0.800 bits per heavy atom. The van der Waals surface area contributed by atoms with Crippen molar-refractivity contribution >= 4 is 6.21 Å². The summed E-state index contributed by atoms with van der Waals surface area (Å²) in [5.41, 5.74) is 1.10. The molecule has 0 aliphatic heterocycles. The molecule has 0 aliphatic carbocycles. The number of nitrogens with zero attached hydrogens (tertiary/aromatic N) is 1. The Hall–Kier alpha value is -1.31. The Morgan fingerprint density at radius 3 is 1.84 bits per heavy atom. The van der Waals surface area contributed by atoms with Crippen LogP contribution in [0.4, 0.5) is 0 Å². The van der Waals surface area contributed by atoms with Crippen molar-refractivity contribution in [3.63, 3.8) is 0 Å². The molecule has 0 saturated carbocycles. The van der Waals surface area contributed by atoms with E-state index in [1.165, 1.54) is 57.8 Å². The van der Waals surface area contributed by atoms with Gasteiger partial charge in [-0.1, -0.05) is 64.7 Å². The molecule has 0 fully saturated rings.